The van der Waals surface area contributed by atoms with E-state index in [1.165, 1.54) is 24.3 Å². The van der Waals surface area contributed by atoms with Crippen molar-refractivity contribution in [1.29, 1.82) is 0 Å². The van der Waals surface area contributed by atoms with Gasteiger partial charge in [-0.2, -0.15) is 0 Å². The quantitative estimate of drug-likeness (QED) is 0.520. The minimum absolute atomic E-state index is 0.228. The van der Waals surface area contributed by atoms with E-state index in [0.29, 0.717) is 30.7 Å². The largest absolute Gasteiger partial charge is 0.573 e. The molecule has 8 nitrogen and oxygen atoms in total. The van der Waals surface area contributed by atoms with E-state index < -0.39 is 39.9 Å². The second kappa shape index (κ2) is 9.84. The smallest absolute Gasteiger partial charge is 0.457 e. The Kier molecular flexibility index (Phi) is 7.44. The lowest BCUT2D eigenvalue weighted by molar-refractivity contribution is -0.274. The average molecular weight is 517 g/mol. The Labute approximate surface area is 202 Å². The summed E-state index contributed by atoms with van der Waals surface area (Å²) in [5, 5.41) is 0. The molecule has 1 fully saturated rings. The number of halogens is 3. The zero-order chi connectivity index (χ0) is 26.0. The standard InChI is InChI=1S/C23H27F3N2O6S/c1-22(2,3)34-21(29)28-13-5-6-19(28)18-14-15(27-35(4,30)31)7-12-20(18)32-16-8-10-17(11-9-16)33-23(24,25)26/h7-12,14,19,27H,5-6,13H2,1-4H3. The Morgan fingerprint density at radius 2 is 1.69 bits per heavy atom. The van der Waals surface area contributed by atoms with Crippen LogP contribution in [-0.2, 0) is 14.8 Å². The maximum Gasteiger partial charge on any atom is 0.573 e. The minimum Gasteiger partial charge on any atom is -0.457 e. The summed E-state index contributed by atoms with van der Waals surface area (Å²) in [6.07, 6.45) is -3.04. The Bertz CT molecular complexity index is 1160. The molecule has 1 atom stereocenters. The molecule has 0 spiro atoms. The van der Waals surface area contributed by atoms with E-state index in [4.69, 9.17) is 9.47 Å². The van der Waals surface area contributed by atoms with Gasteiger partial charge in [0, 0.05) is 17.8 Å². The van der Waals surface area contributed by atoms with Crippen molar-refractivity contribution >= 4 is 21.8 Å². The van der Waals surface area contributed by atoms with Crippen molar-refractivity contribution < 1.29 is 40.6 Å². The molecule has 0 saturated carbocycles. The third kappa shape index (κ3) is 7.94. The van der Waals surface area contributed by atoms with Crippen molar-refractivity contribution in [3.05, 3.63) is 48.0 Å². The molecule has 2 aromatic rings. The number of sulfonamides is 1. The number of rotatable bonds is 6. The maximum atomic E-state index is 12.8. The minimum atomic E-state index is -4.81. The number of benzene rings is 2. The number of anilines is 1. The number of ether oxygens (including phenoxy) is 3. The average Bonchev–Trinajstić information content (AvgIpc) is 3.17. The van der Waals surface area contributed by atoms with Crippen molar-refractivity contribution in [1.82, 2.24) is 4.90 Å². The molecule has 0 bridgehead atoms. The van der Waals surface area contributed by atoms with Crippen LogP contribution in [0.2, 0.25) is 0 Å². The van der Waals surface area contributed by atoms with Gasteiger partial charge in [0.15, 0.2) is 0 Å². The van der Waals surface area contributed by atoms with E-state index in [-0.39, 0.29) is 11.4 Å². The molecule has 0 aromatic heterocycles. The molecule has 3 rings (SSSR count). The summed E-state index contributed by atoms with van der Waals surface area (Å²) in [5.74, 6) is 0.144. The van der Waals surface area contributed by atoms with Crippen LogP contribution in [0.3, 0.4) is 0 Å². The zero-order valence-corrected chi connectivity index (χ0v) is 20.5. The Morgan fingerprint density at radius 3 is 2.26 bits per heavy atom. The normalized spacial score (nSPS) is 16.7. The fourth-order valence-electron chi connectivity index (χ4n) is 3.64. The highest BCUT2D eigenvalue weighted by Gasteiger charge is 2.35. The van der Waals surface area contributed by atoms with Gasteiger partial charge in [0.1, 0.15) is 22.8 Å². The van der Waals surface area contributed by atoms with Crippen LogP contribution in [0.25, 0.3) is 0 Å². The molecule has 1 aliphatic heterocycles. The van der Waals surface area contributed by atoms with Gasteiger partial charge in [-0.3, -0.25) is 4.72 Å². The van der Waals surface area contributed by atoms with Gasteiger partial charge in [0.25, 0.3) is 0 Å². The summed E-state index contributed by atoms with van der Waals surface area (Å²) >= 11 is 0. The lowest BCUT2D eigenvalue weighted by Crippen LogP contribution is -2.36. The molecule has 35 heavy (non-hydrogen) atoms. The summed E-state index contributed by atoms with van der Waals surface area (Å²) in [7, 11) is -3.56. The third-order valence-electron chi connectivity index (χ3n) is 4.84. The first-order chi connectivity index (χ1) is 16.1. The monoisotopic (exact) mass is 516 g/mol. The van der Waals surface area contributed by atoms with Crippen molar-refractivity contribution in [3.8, 4) is 17.2 Å². The topological polar surface area (TPSA) is 94.2 Å². The van der Waals surface area contributed by atoms with Gasteiger partial charge in [-0.25, -0.2) is 13.2 Å². The SMILES string of the molecule is CC(C)(C)OC(=O)N1CCCC1c1cc(NS(C)(=O)=O)ccc1Oc1ccc(OC(F)(F)F)cc1. The van der Waals surface area contributed by atoms with Gasteiger partial charge in [-0.1, -0.05) is 0 Å². The predicted molar refractivity (Wildman–Crippen MR) is 123 cm³/mol. The van der Waals surface area contributed by atoms with Crippen LogP contribution in [0, 0.1) is 0 Å². The van der Waals surface area contributed by atoms with Gasteiger partial charge in [0.05, 0.1) is 12.3 Å². The van der Waals surface area contributed by atoms with Crippen LogP contribution < -0.4 is 14.2 Å². The lowest BCUT2D eigenvalue weighted by atomic mass is 10.0. The molecular weight excluding hydrogens is 489 g/mol. The lowest BCUT2D eigenvalue weighted by Gasteiger charge is -2.30. The number of amides is 1. The molecule has 1 heterocycles. The molecule has 192 valence electrons. The number of likely N-dealkylation sites (tertiary alicyclic amines) is 1. The van der Waals surface area contributed by atoms with E-state index in [9.17, 15) is 26.4 Å². The third-order valence-corrected chi connectivity index (χ3v) is 5.44. The number of hydrogen-bond acceptors (Lipinski definition) is 6. The van der Waals surface area contributed by atoms with Gasteiger partial charge >= 0.3 is 12.5 Å². The highest BCUT2D eigenvalue weighted by Crippen LogP contribution is 2.41. The van der Waals surface area contributed by atoms with Crippen LogP contribution >= 0.6 is 0 Å². The highest BCUT2D eigenvalue weighted by atomic mass is 32.2. The summed E-state index contributed by atoms with van der Waals surface area (Å²) in [6, 6.07) is 9.00. The fraction of sp³-hybridized carbons (Fsp3) is 0.435. The molecule has 2 aromatic carbocycles. The molecule has 0 radical (unpaired) electrons. The van der Waals surface area contributed by atoms with Crippen LogP contribution in [0.15, 0.2) is 42.5 Å². The number of nitrogens with one attached hydrogen (secondary N) is 1. The van der Waals surface area contributed by atoms with E-state index in [1.807, 2.05) is 0 Å². The summed E-state index contributed by atoms with van der Waals surface area (Å²) in [6.45, 7) is 5.71. The van der Waals surface area contributed by atoms with Gasteiger partial charge in [-0.15, -0.1) is 13.2 Å². The van der Waals surface area contributed by atoms with E-state index >= 15 is 0 Å². The van der Waals surface area contributed by atoms with Gasteiger partial charge in [0.2, 0.25) is 10.0 Å². The summed E-state index contributed by atoms with van der Waals surface area (Å²) < 4.78 is 78.5. The number of alkyl halides is 3. The van der Waals surface area contributed by atoms with E-state index in [2.05, 4.69) is 9.46 Å². The van der Waals surface area contributed by atoms with E-state index in [0.717, 1.165) is 18.4 Å². The number of carbonyl (C=O) groups excluding carboxylic acids is 1. The second-order valence-corrected chi connectivity index (χ2v) is 10.8. The van der Waals surface area contributed by atoms with Crippen LogP contribution in [0.5, 0.6) is 17.2 Å². The molecule has 12 heteroatoms. The van der Waals surface area contributed by atoms with Crippen LogP contribution in [0.1, 0.15) is 45.2 Å². The first-order valence-corrected chi connectivity index (χ1v) is 12.6. The number of carbonyl (C=O) groups is 1. The first kappa shape index (κ1) is 26.5. The number of nitrogens with zero attached hydrogens (tertiary/aromatic N) is 1. The highest BCUT2D eigenvalue weighted by molar-refractivity contribution is 7.92. The van der Waals surface area contributed by atoms with Gasteiger partial charge < -0.3 is 19.1 Å². The fourth-order valence-corrected chi connectivity index (χ4v) is 4.20. The predicted octanol–water partition coefficient (Wildman–Crippen LogP) is 5.82. The Morgan fingerprint density at radius 1 is 1.06 bits per heavy atom. The molecule has 1 saturated heterocycles. The zero-order valence-electron chi connectivity index (χ0n) is 19.7. The Balaban J connectivity index is 1.93. The second-order valence-electron chi connectivity index (χ2n) is 9.08. The van der Waals surface area contributed by atoms with Crippen LogP contribution in [0.4, 0.5) is 23.7 Å². The molecule has 1 aliphatic rings. The first-order valence-electron chi connectivity index (χ1n) is 10.7. The summed E-state index contributed by atoms with van der Waals surface area (Å²) in [4.78, 5) is 14.4. The number of hydrogen-bond donors (Lipinski definition) is 1. The van der Waals surface area contributed by atoms with Crippen molar-refractivity contribution in [2.75, 3.05) is 17.5 Å². The Hall–Kier alpha value is -3.15. The summed E-state index contributed by atoms with van der Waals surface area (Å²) in [5.41, 5.74) is 0.0983. The maximum absolute atomic E-state index is 12.8. The molecule has 1 N–H and O–H groups in total. The van der Waals surface area contributed by atoms with Crippen molar-refractivity contribution in [3.63, 3.8) is 0 Å². The van der Waals surface area contributed by atoms with E-state index in [1.54, 1.807) is 31.7 Å². The van der Waals surface area contributed by atoms with Gasteiger partial charge in [-0.05, 0) is 76.1 Å². The molecule has 1 amide bonds. The van der Waals surface area contributed by atoms with Crippen molar-refractivity contribution in [2.24, 2.45) is 0 Å². The van der Waals surface area contributed by atoms with Crippen molar-refractivity contribution in [2.45, 2.75) is 51.6 Å². The molecular formula is C23H27F3N2O6S. The van der Waals surface area contributed by atoms with Crippen LogP contribution in [-0.4, -0.2) is 44.2 Å². The molecule has 1 unspecified atom stereocenters. The molecule has 0 aliphatic carbocycles.